The molecule has 4 aliphatic rings. The van der Waals surface area contributed by atoms with E-state index in [0.717, 1.165) is 14.4 Å². The molecule has 4 heterocycles. The van der Waals surface area contributed by atoms with Crippen LogP contribution in [0.2, 0.25) is 0 Å². The molecule has 0 atom stereocenters. The lowest BCUT2D eigenvalue weighted by Gasteiger charge is -1.21. The van der Waals surface area contributed by atoms with E-state index < -0.39 is 0 Å². The smallest absolute Gasteiger partial charge is 0.00532 e. The van der Waals surface area contributed by atoms with Crippen LogP contribution < -0.4 is 0 Å². The van der Waals surface area contributed by atoms with Crippen LogP contribution in [0.5, 0.6) is 0 Å². The summed E-state index contributed by atoms with van der Waals surface area (Å²) in [6.45, 7) is 0. The predicted molar refractivity (Wildman–Crippen MR) is 24.2 cm³/mol. The fourth-order valence-electron chi connectivity index (χ4n) is 0.789. The Hall–Kier alpha value is 0.860. The van der Waals surface area contributed by atoms with E-state index in [0.29, 0.717) is 0 Å². The number of rotatable bonds is 0. The first-order chi connectivity index (χ1) is 2.00. The van der Waals surface area contributed by atoms with Crippen LogP contribution >= 0.6 is 14.4 Å². The fourth-order valence-corrected chi connectivity index (χ4v) is 11.6. The minimum absolute atomic E-state index is 0.722. The first-order valence-corrected chi connectivity index (χ1v) is 6.05. The summed E-state index contributed by atoms with van der Waals surface area (Å²) in [5.41, 5.74) is 0. The summed E-state index contributed by atoms with van der Waals surface area (Å²) >= 11 is 0. The fraction of sp³-hybridized carbons (Fsp3) is 1.00. The van der Waals surface area contributed by atoms with Gasteiger partial charge in [-0.15, -0.1) is 14.4 Å². The molecule has 2 heteroatoms. The summed E-state index contributed by atoms with van der Waals surface area (Å²) < 4.78 is 0. The van der Waals surface area contributed by atoms with E-state index in [1.807, 2.05) is 0 Å². The molecule has 2 saturated heterocycles. The maximum Gasteiger partial charge on any atom is 0.00532 e. The van der Waals surface area contributed by atoms with Gasteiger partial charge in [0, 0.05) is 10.8 Å². The number of hydrogen-bond donors (Lipinski definition) is 0. The van der Waals surface area contributed by atoms with Gasteiger partial charge in [-0.25, -0.2) is 0 Å². The normalized spacial score (nSPS) is 108. The minimum Gasteiger partial charge on any atom is -0.105 e. The second-order valence-corrected chi connectivity index (χ2v) is 10.8. The molecule has 2 fully saturated rings. The van der Waals surface area contributed by atoms with Gasteiger partial charge in [0.05, 0.1) is 0 Å². The Bertz CT molecular complexity index is 107. The van der Waals surface area contributed by atoms with Gasteiger partial charge >= 0.3 is 0 Å². The van der Waals surface area contributed by atoms with Crippen molar-refractivity contribution in [2.24, 2.45) is 0 Å². The zero-order valence-electron chi connectivity index (χ0n) is 2.15. The molecule has 22 valence electrons. The molecule has 4 heavy (non-hydrogen) atoms. The van der Waals surface area contributed by atoms with Gasteiger partial charge in [-0.1, -0.05) is 0 Å². The van der Waals surface area contributed by atoms with Gasteiger partial charge in [-0.3, -0.25) is 0 Å². The van der Waals surface area contributed by atoms with Crippen LogP contribution in [0, 0.1) is 0 Å². The maximum atomic E-state index is 1.54. The van der Waals surface area contributed by atoms with Gasteiger partial charge in [0.15, 0.2) is 0 Å². The monoisotopic (exact) mass is 90.0 g/mol. The summed E-state index contributed by atoms with van der Waals surface area (Å²) in [4.78, 5) is 0. The van der Waals surface area contributed by atoms with E-state index in [2.05, 4.69) is 0 Å². The largest absolute Gasteiger partial charge is 0.105 e. The van der Waals surface area contributed by atoms with E-state index in [-0.39, 0.29) is 0 Å². The molecule has 0 aromatic heterocycles. The van der Waals surface area contributed by atoms with Gasteiger partial charge in [0.25, 0.3) is 0 Å². The molecule has 0 bridgehead atoms. The molecular formula is C2H4P2. The Kier molecular flexibility index (Phi) is 0.0734. The van der Waals surface area contributed by atoms with Crippen molar-refractivity contribution in [3.05, 3.63) is 0 Å². The Balaban J connectivity index is 3.29. The predicted octanol–water partition coefficient (Wildman–Crippen LogP) is 1.02. The number of hydrogen-bond acceptors (Lipinski definition) is 0. The van der Waals surface area contributed by atoms with Crippen molar-refractivity contribution in [3.8, 4) is 0 Å². The van der Waals surface area contributed by atoms with Crippen molar-refractivity contribution in [2.75, 3.05) is 0 Å². The molecule has 0 saturated carbocycles. The highest BCUT2D eigenvalue weighted by molar-refractivity contribution is 8.47. The zero-order chi connectivity index (χ0) is 2.31. The average molecular weight is 90.0 g/mol. The molecule has 0 radical (unpaired) electrons. The third-order valence-electron chi connectivity index (χ3n) is 1.62. The lowest BCUT2D eigenvalue weighted by molar-refractivity contribution is 1.73. The van der Waals surface area contributed by atoms with Gasteiger partial charge in [0.1, 0.15) is 0 Å². The topological polar surface area (TPSA) is 0 Å². The van der Waals surface area contributed by atoms with Crippen molar-refractivity contribution in [1.82, 2.24) is 0 Å². The van der Waals surface area contributed by atoms with Crippen LogP contribution in [0.3, 0.4) is 0 Å². The van der Waals surface area contributed by atoms with Crippen LogP contribution in [-0.4, -0.2) is 10.8 Å². The summed E-state index contributed by atoms with van der Waals surface area (Å²) in [5.74, 6) is 0. The van der Waals surface area contributed by atoms with Gasteiger partial charge in [0.2, 0.25) is 0 Å². The Morgan fingerprint density at radius 2 is 1.25 bits per heavy atom. The Labute approximate surface area is 26.2 Å². The summed E-state index contributed by atoms with van der Waals surface area (Å²) in [7, 11) is 1.44. The zero-order valence-corrected chi connectivity index (χ0v) is 4.15. The first-order valence-electron chi connectivity index (χ1n) is 1.74. The SMILES string of the molecule is C12C3[PH]1=[PH]23. The highest BCUT2D eigenvalue weighted by Gasteiger charge is 2.81. The molecule has 0 aliphatic carbocycles. The quantitative estimate of drug-likeness (QED) is 0.389. The Morgan fingerprint density at radius 3 is 1.25 bits per heavy atom. The first kappa shape index (κ1) is 1.54. The van der Waals surface area contributed by atoms with Crippen molar-refractivity contribution in [3.63, 3.8) is 0 Å². The standard InChI is InChI=1S/C2H4P2/c1-2-3(1)4(1)2/h1-4H. The van der Waals surface area contributed by atoms with Crippen LogP contribution in [0.4, 0.5) is 0 Å². The van der Waals surface area contributed by atoms with E-state index in [1.54, 1.807) is 0 Å². The maximum absolute atomic E-state index is 1.54. The Morgan fingerprint density at radius 1 is 1.00 bits per heavy atom. The lowest BCUT2D eigenvalue weighted by atomic mass is 11.0. The van der Waals surface area contributed by atoms with Gasteiger partial charge in [-0.05, 0) is 0 Å². The summed E-state index contributed by atoms with van der Waals surface area (Å²) in [5, 5.41) is 3.07. The molecule has 0 amide bonds. The second-order valence-electron chi connectivity index (χ2n) is 1.87. The van der Waals surface area contributed by atoms with Crippen molar-refractivity contribution in [2.45, 2.75) is 10.8 Å². The van der Waals surface area contributed by atoms with Crippen molar-refractivity contribution in [1.29, 1.82) is 0 Å². The third-order valence-corrected chi connectivity index (χ3v) is 12.6. The molecule has 4 rings (SSSR count). The van der Waals surface area contributed by atoms with Crippen LogP contribution in [0.25, 0.3) is 0 Å². The highest BCUT2D eigenvalue weighted by atomic mass is 31.9. The molecule has 0 nitrogen and oxygen atoms in total. The highest BCUT2D eigenvalue weighted by Crippen LogP contribution is 3.22. The van der Waals surface area contributed by atoms with Crippen molar-refractivity contribution >= 4 is 14.4 Å². The van der Waals surface area contributed by atoms with Crippen LogP contribution in [0.1, 0.15) is 0 Å². The molecule has 0 unspecified atom stereocenters. The van der Waals surface area contributed by atoms with Crippen molar-refractivity contribution < 1.29 is 0 Å². The molecule has 4 aliphatic heterocycles. The van der Waals surface area contributed by atoms with E-state index in [4.69, 9.17) is 0 Å². The molecule has 0 aromatic carbocycles. The van der Waals surface area contributed by atoms with Gasteiger partial charge < -0.3 is 0 Å². The van der Waals surface area contributed by atoms with Gasteiger partial charge in [-0.2, -0.15) is 0 Å². The van der Waals surface area contributed by atoms with Crippen LogP contribution in [-0.2, 0) is 0 Å². The van der Waals surface area contributed by atoms with E-state index in [9.17, 15) is 0 Å². The second kappa shape index (κ2) is 0.191. The molecular weight excluding hydrogens is 86.0 g/mol. The molecule has 0 spiro atoms. The van der Waals surface area contributed by atoms with Crippen LogP contribution in [0.15, 0.2) is 0 Å². The summed E-state index contributed by atoms with van der Waals surface area (Å²) in [6, 6.07) is 0. The van der Waals surface area contributed by atoms with E-state index >= 15 is 0 Å². The average Bonchev–Trinajstić information content (AvgIpc) is 1.71. The summed E-state index contributed by atoms with van der Waals surface area (Å²) in [6.07, 6.45) is 0. The minimum atomic E-state index is 0.722. The van der Waals surface area contributed by atoms with E-state index in [1.165, 1.54) is 10.8 Å². The molecule has 0 aromatic rings. The lowest BCUT2D eigenvalue weighted by Crippen LogP contribution is -1.21. The third kappa shape index (κ3) is 0.0348. The molecule has 0 N–H and O–H groups in total.